The maximum Gasteiger partial charge on any atom is 0.136 e. The minimum Gasteiger partial charge on any atom is -0.316 e. The molecule has 154 valence electrons. The van der Waals surface area contributed by atoms with E-state index in [4.69, 9.17) is 0 Å². The molecule has 4 aliphatic carbocycles. The van der Waals surface area contributed by atoms with E-state index in [0.717, 1.165) is 42.9 Å². The zero-order chi connectivity index (χ0) is 19.5. The fraction of sp³-hybridized carbons (Fsp3) is 0.808. The third-order valence-electron chi connectivity index (χ3n) is 9.95. The van der Waals surface area contributed by atoms with Gasteiger partial charge in [-0.1, -0.05) is 44.1 Å². The molecule has 5 aliphatic rings. The summed E-state index contributed by atoms with van der Waals surface area (Å²) < 4.78 is 0. The predicted molar refractivity (Wildman–Crippen MR) is 115 cm³/mol. The monoisotopic (exact) mass is 381 g/mol. The number of carbonyl (C=O) groups excluding carboxylic acids is 1. The Morgan fingerprint density at radius 1 is 1.14 bits per heavy atom. The molecular weight excluding hydrogens is 342 g/mol. The molecule has 1 aliphatic heterocycles. The van der Waals surface area contributed by atoms with Crippen molar-refractivity contribution in [2.75, 3.05) is 13.1 Å². The smallest absolute Gasteiger partial charge is 0.136 e. The number of rotatable bonds is 2. The van der Waals surface area contributed by atoms with Gasteiger partial charge in [0.05, 0.1) is 0 Å². The van der Waals surface area contributed by atoms with E-state index in [1.807, 2.05) is 5.57 Å². The van der Waals surface area contributed by atoms with Gasteiger partial charge in [-0.25, -0.2) is 0 Å². The Hall–Kier alpha value is -0.890. The molecule has 5 rings (SSSR count). The molecule has 0 aromatic carbocycles. The molecule has 1 N–H and O–H groups in total. The molecule has 3 fully saturated rings. The first kappa shape index (κ1) is 19.1. The van der Waals surface area contributed by atoms with Crippen molar-refractivity contribution >= 4 is 5.78 Å². The zero-order valence-corrected chi connectivity index (χ0v) is 18.2. The van der Waals surface area contributed by atoms with E-state index < -0.39 is 0 Å². The third kappa shape index (κ3) is 2.66. The molecular formula is C26H39NO. The van der Waals surface area contributed by atoms with E-state index in [-0.39, 0.29) is 0 Å². The summed E-state index contributed by atoms with van der Waals surface area (Å²) in [4.78, 5) is 12.2. The predicted octanol–water partition coefficient (Wildman–Crippen LogP) is 5.69. The van der Waals surface area contributed by atoms with Crippen LogP contribution in [0.1, 0.15) is 78.6 Å². The lowest BCUT2D eigenvalue weighted by Gasteiger charge is -2.59. The number of allylic oxidation sites excluding steroid dienone is 3. The van der Waals surface area contributed by atoms with Crippen molar-refractivity contribution in [3.05, 3.63) is 23.3 Å². The van der Waals surface area contributed by atoms with E-state index in [9.17, 15) is 4.79 Å². The number of hydrogen-bond acceptors (Lipinski definition) is 2. The molecule has 0 radical (unpaired) electrons. The first-order valence-electron chi connectivity index (χ1n) is 12.1. The topological polar surface area (TPSA) is 29.1 Å². The second-order valence-corrected chi connectivity index (χ2v) is 11.1. The number of nitrogens with one attached hydrogen (secondary N) is 1. The van der Waals surface area contributed by atoms with Crippen LogP contribution in [-0.2, 0) is 4.79 Å². The first-order chi connectivity index (χ1) is 13.5. The van der Waals surface area contributed by atoms with Gasteiger partial charge in [-0.15, -0.1) is 0 Å². The molecule has 0 bridgehead atoms. The Labute approximate surface area is 171 Å². The minimum absolute atomic E-state index is 0.292. The lowest BCUT2D eigenvalue weighted by atomic mass is 9.45. The lowest BCUT2D eigenvalue weighted by Crippen LogP contribution is -2.53. The largest absolute Gasteiger partial charge is 0.316 e. The van der Waals surface area contributed by atoms with Gasteiger partial charge in [-0.05, 0) is 91.9 Å². The molecule has 2 saturated carbocycles. The fourth-order valence-corrected chi connectivity index (χ4v) is 8.39. The molecule has 1 saturated heterocycles. The summed E-state index contributed by atoms with van der Waals surface area (Å²) in [6, 6.07) is 0. The first-order valence-corrected chi connectivity index (χ1v) is 12.1. The van der Waals surface area contributed by atoms with Gasteiger partial charge in [0, 0.05) is 19.4 Å². The van der Waals surface area contributed by atoms with E-state index in [2.05, 4.69) is 38.2 Å². The highest BCUT2D eigenvalue weighted by Gasteiger charge is 2.59. The summed E-state index contributed by atoms with van der Waals surface area (Å²) in [6.07, 6.45) is 15.9. The van der Waals surface area contributed by atoms with Crippen LogP contribution in [0.4, 0.5) is 0 Å². The number of ketones is 1. The standard InChI is InChI=1S/C26H39NO/c1-4-17-14-19-15-20(28)9-11-25(19,2)23-10-12-26(3)21(7-8-22(26)24(17)23)18-6-5-13-27-16-18/h7,14,17-18,22-24,27H,4-6,8-13,15-16H2,1-3H3/t17?,18?,22-,23-,24-,25-,26+/m0/s1. The average molecular weight is 382 g/mol. The third-order valence-corrected chi connectivity index (χ3v) is 9.95. The van der Waals surface area contributed by atoms with E-state index in [0.29, 0.717) is 22.5 Å². The molecule has 0 amide bonds. The van der Waals surface area contributed by atoms with Crippen molar-refractivity contribution in [3.8, 4) is 0 Å². The van der Waals surface area contributed by atoms with Crippen molar-refractivity contribution in [3.63, 3.8) is 0 Å². The van der Waals surface area contributed by atoms with Crippen LogP contribution in [0.25, 0.3) is 0 Å². The number of carbonyl (C=O) groups is 1. The van der Waals surface area contributed by atoms with Crippen molar-refractivity contribution in [2.45, 2.75) is 78.6 Å². The van der Waals surface area contributed by atoms with Crippen molar-refractivity contribution in [1.29, 1.82) is 0 Å². The van der Waals surface area contributed by atoms with Gasteiger partial charge in [-0.2, -0.15) is 0 Å². The number of Topliss-reactive ketones (excluding diaryl/α,β-unsaturated/α-hetero) is 1. The minimum atomic E-state index is 0.292. The summed E-state index contributed by atoms with van der Waals surface area (Å²) in [5.41, 5.74) is 4.05. The van der Waals surface area contributed by atoms with Crippen LogP contribution in [0, 0.1) is 40.4 Å². The second-order valence-electron chi connectivity index (χ2n) is 11.1. The van der Waals surface area contributed by atoms with Gasteiger partial charge in [0.1, 0.15) is 5.78 Å². The highest BCUT2D eigenvalue weighted by Crippen LogP contribution is 2.67. The van der Waals surface area contributed by atoms with Gasteiger partial charge < -0.3 is 5.32 Å². The molecule has 28 heavy (non-hydrogen) atoms. The molecule has 0 spiro atoms. The summed E-state index contributed by atoms with van der Waals surface area (Å²) in [6.45, 7) is 9.93. The highest BCUT2D eigenvalue weighted by atomic mass is 16.1. The van der Waals surface area contributed by atoms with Crippen LogP contribution in [0.2, 0.25) is 0 Å². The van der Waals surface area contributed by atoms with Gasteiger partial charge in [0.25, 0.3) is 0 Å². The van der Waals surface area contributed by atoms with Crippen LogP contribution in [0.5, 0.6) is 0 Å². The molecule has 2 nitrogen and oxygen atoms in total. The summed E-state index contributed by atoms with van der Waals surface area (Å²) >= 11 is 0. The van der Waals surface area contributed by atoms with Crippen molar-refractivity contribution in [2.24, 2.45) is 40.4 Å². The fourth-order valence-electron chi connectivity index (χ4n) is 8.39. The summed E-state index contributed by atoms with van der Waals surface area (Å²) in [5, 5.41) is 3.67. The molecule has 2 unspecified atom stereocenters. The SMILES string of the molecule is CCC1C=C2CC(=O)CC[C@]2(C)[C@H]2CC[C@]3(C)C(C4CCCNC4)=CC[C@H]3[C@H]12. The molecule has 7 atom stereocenters. The lowest BCUT2D eigenvalue weighted by molar-refractivity contribution is -0.122. The van der Waals surface area contributed by atoms with E-state index in [1.54, 1.807) is 0 Å². The quantitative estimate of drug-likeness (QED) is 0.623. The van der Waals surface area contributed by atoms with Crippen molar-refractivity contribution < 1.29 is 4.79 Å². The Morgan fingerprint density at radius 2 is 2.00 bits per heavy atom. The maximum absolute atomic E-state index is 12.2. The maximum atomic E-state index is 12.2. The molecule has 0 aromatic heterocycles. The van der Waals surface area contributed by atoms with Crippen LogP contribution >= 0.6 is 0 Å². The van der Waals surface area contributed by atoms with Gasteiger partial charge in [-0.3, -0.25) is 4.79 Å². The Morgan fingerprint density at radius 3 is 2.75 bits per heavy atom. The number of fused-ring (bicyclic) bond motifs is 5. The number of piperidine rings is 1. The second kappa shape index (κ2) is 6.83. The van der Waals surface area contributed by atoms with Crippen LogP contribution in [-0.4, -0.2) is 18.9 Å². The normalized spacial score (nSPS) is 48.2. The van der Waals surface area contributed by atoms with Crippen LogP contribution < -0.4 is 5.32 Å². The van der Waals surface area contributed by atoms with Crippen molar-refractivity contribution in [1.82, 2.24) is 5.32 Å². The molecule has 2 heteroatoms. The van der Waals surface area contributed by atoms with Gasteiger partial charge in [0.2, 0.25) is 0 Å². The van der Waals surface area contributed by atoms with Crippen LogP contribution in [0.15, 0.2) is 23.3 Å². The highest BCUT2D eigenvalue weighted by molar-refractivity contribution is 5.82. The molecule has 0 aromatic rings. The van der Waals surface area contributed by atoms with Gasteiger partial charge in [0.15, 0.2) is 0 Å². The summed E-state index contributed by atoms with van der Waals surface area (Å²) in [5.74, 6) is 4.36. The molecule has 1 heterocycles. The Balaban J connectivity index is 1.49. The van der Waals surface area contributed by atoms with Crippen LogP contribution in [0.3, 0.4) is 0 Å². The number of hydrogen-bond donors (Lipinski definition) is 1. The van der Waals surface area contributed by atoms with E-state index >= 15 is 0 Å². The Kier molecular flexibility index (Phi) is 4.66. The summed E-state index contributed by atoms with van der Waals surface area (Å²) in [7, 11) is 0. The Bertz CT molecular complexity index is 714. The van der Waals surface area contributed by atoms with Gasteiger partial charge >= 0.3 is 0 Å². The van der Waals surface area contributed by atoms with E-state index in [1.165, 1.54) is 57.2 Å². The average Bonchev–Trinajstić information content (AvgIpc) is 3.06. The zero-order valence-electron chi connectivity index (χ0n) is 18.2.